The number of anilines is 1. The first-order chi connectivity index (χ1) is 17.5. The van der Waals surface area contributed by atoms with Crippen LogP contribution in [0.1, 0.15) is 17.7 Å². The molecule has 13 heteroatoms. The first-order valence-electron chi connectivity index (χ1n) is 11.3. The molecule has 1 aliphatic heterocycles. The van der Waals surface area contributed by atoms with Gasteiger partial charge in [-0.05, 0) is 24.3 Å². The van der Waals surface area contributed by atoms with Crippen LogP contribution >= 0.6 is 10.6 Å². The highest BCUT2D eigenvalue weighted by Crippen LogP contribution is 2.46. The van der Waals surface area contributed by atoms with Gasteiger partial charge in [-0.1, -0.05) is 5.92 Å². The lowest BCUT2D eigenvalue weighted by atomic mass is 10.1. The molecule has 2 aromatic heterocycles. The molecule has 0 bridgehead atoms. The molecule has 4 rings (SSSR count). The number of hydrogen-bond donors (Lipinski definition) is 5. The average Bonchev–Trinajstić information content (AvgIpc) is 3.49. The van der Waals surface area contributed by atoms with Gasteiger partial charge in [0.2, 0.25) is 0 Å². The van der Waals surface area contributed by atoms with Crippen LogP contribution in [0.3, 0.4) is 0 Å². The molecule has 1 atom stereocenters. The van der Waals surface area contributed by atoms with E-state index in [1.165, 1.54) is 18.2 Å². The lowest BCUT2D eigenvalue weighted by Gasteiger charge is -2.43. The Labute approximate surface area is 212 Å². The number of carbonyl (C=O) groups excluding carboxylic acids is 1. The number of ether oxygens (including phenoxy) is 1. The molecule has 1 fully saturated rings. The van der Waals surface area contributed by atoms with Gasteiger partial charge in [0.1, 0.15) is 17.3 Å². The van der Waals surface area contributed by atoms with Crippen LogP contribution in [0, 0.1) is 11.8 Å². The second-order valence-corrected chi connectivity index (χ2v) is 11.0. The van der Waals surface area contributed by atoms with Gasteiger partial charge in [-0.2, -0.15) is 23.8 Å². The summed E-state index contributed by atoms with van der Waals surface area (Å²) < 4.78 is 67.2. The Morgan fingerprint density at radius 2 is 2.16 bits per heavy atom. The van der Waals surface area contributed by atoms with Gasteiger partial charge < -0.3 is 24.9 Å². The molecule has 0 saturated carbocycles. The van der Waals surface area contributed by atoms with Gasteiger partial charge in [0.25, 0.3) is 0 Å². The zero-order valence-electron chi connectivity index (χ0n) is 19.8. The molecule has 9 nitrogen and oxygen atoms in total. The minimum Gasteiger partial charge on any atom is -0.491 e. The van der Waals surface area contributed by atoms with Crippen molar-refractivity contribution in [3.63, 3.8) is 0 Å². The third-order valence-electron chi connectivity index (χ3n) is 5.72. The van der Waals surface area contributed by atoms with E-state index in [9.17, 15) is 27.1 Å². The van der Waals surface area contributed by atoms with E-state index in [2.05, 4.69) is 32.4 Å². The van der Waals surface area contributed by atoms with Crippen LogP contribution in [0.2, 0.25) is 0 Å². The molecule has 5 N–H and O–H groups in total. The minimum absolute atomic E-state index is 0.0352. The SMILES string of the molecule is Cn1ccc(C#CC(=O)Nc2cc(-c3ncc(C(F)(F)F)[nH]3)ccc2OCCC2CNCCS2(O)O)c1. The van der Waals surface area contributed by atoms with Crippen molar-refractivity contribution < 1.29 is 31.8 Å². The Bertz CT molecular complexity index is 1330. The van der Waals surface area contributed by atoms with Gasteiger partial charge in [0.15, 0.2) is 0 Å². The molecule has 3 aromatic rings. The summed E-state index contributed by atoms with van der Waals surface area (Å²) in [5.41, 5.74) is 0.114. The molecule has 1 saturated heterocycles. The van der Waals surface area contributed by atoms with Crippen LogP contribution in [0.4, 0.5) is 18.9 Å². The lowest BCUT2D eigenvalue weighted by molar-refractivity contribution is -0.140. The lowest BCUT2D eigenvalue weighted by Crippen LogP contribution is -2.41. The predicted molar refractivity (Wildman–Crippen MR) is 134 cm³/mol. The number of halogens is 3. The monoisotopic (exact) mass is 537 g/mol. The molecule has 37 heavy (non-hydrogen) atoms. The van der Waals surface area contributed by atoms with Gasteiger partial charge >= 0.3 is 12.1 Å². The van der Waals surface area contributed by atoms with Gasteiger partial charge in [0.05, 0.1) is 29.5 Å². The third-order valence-corrected chi connectivity index (χ3v) is 7.99. The maximum Gasteiger partial charge on any atom is 0.432 e. The normalized spacial score (nSPS) is 17.9. The van der Waals surface area contributed by atoms with Crippen molar-refractivity contribution >= 4 is 22.2 Å². The number of aromatic nitrogens is 3. The zero-order valence-corrected chi connectivity index (χ0v) is 20.6. The number of aryl methyl sites for hydroxylation is 1. The predicted octanol–water partition coefficient (Wildman–Crippen LogP) is 3.92. The number of alkyl halides is 3. The Balaban J connectivity index is 1.54. The summed E-state index contributed by atoms with van der Waals surface area (Å²) in [6.45, 7) is 1.10. The summed E-state index contributed by atoms with van der Waals surface area (Å²) in [4.78, 5) is 18.6. The van der Waals surface area contributed by atoms with E-state index in [1.807, 2.05) is 7.05 Å². The van der Waals surface area contributed by atoms with Crippen molar-refractivity contribution in [1.82, 2.24) is 19.9 Å². The largest absolute Gasteiger partial charge is 0.491 e. The molecular weight excluding hydrogens is 511 g/mol. The second kappa shape index (κ2) is 10.9. The second-order valence-electron chi connectivity index (χ2n) is 8.51. The van der Waals surface area contributed by atoms with E-state index < -0.39 is 28.4 Å². The van der Waals surface area contributed by atoms with E-state index in [4.69, 9.17) is 4.74 Å². The fraction of sp³-hybridized carbons (Fsp3) is 0.333. The number of hydrogen-bond acceptors (Lipinski definition) is 6. The smallest absolute Gasteiger partial charge is 0.432 e. The van der Waals surface area contributed by atoms with Gasteiger partial charge in [-0.3, -0.25) is 13.9 Å². The third kappa shape index (κ3) is 6.86. The van der Waals surface area contributed by atoms with Crippen molar-refractivity contribution in [3.8, 4) is 29.0 Å². The Morgan fingerprint density at radius 3 is 2.84 bits per heavy atom. The number of nitrogens with one attached hydrogen (secondary N) is 3. The summed E-state index contributed by atoms with van der Waals surface area (Å²) in [5.74, 6) is 5.06. The molecule has 1 amide bonds. The van der Waals surface area contributed by atoms with E-state index in [0.29, 0.717) is 36.8 Å². The average molecular weight is 538 g/mol. The number of imidazole rings is 1. The van der Waals surface area contributed by atoms with Crippen LogP contribution in [0.25, 0.3) is 11.4 Å². The number of nitrogens with zero attached hydrogens (tertiary/aromatic N) is 2. The van der Waals surface area contributed by atoms with Crippen molar-refractivity contribution in [2.45, 2.75) is 17.8 Å². The molecule has 198 valence electrons. The quantitative estimate of drug-likeness (QED) is 0.304. The highest BCUT2D eigenvalue weighted by Gasteiger charge is 2.33. The number of benzene rings is 1. The molecule has 0 radical (unpaired) electrons. The Morgan fingerprint density at radius 1 is 1.35 bits per heavy atom. The molecule has 0 aliphatic carbocycles. The van der Waals surface area contributed by atoms with Gasteiger partial charge in [-0.25, -0.2) is 4.98 Å². The zero-order chi connectivity index (χ0) is 26.6. The summed E-state index contributed by atoms with van der Waals surface area (Å²) in [6.07, 6.45) is -0.00374. The van der Waals surface area contributed by atoms with Crippen LogP contribution in [0.5, 0.6) is 5.75 Å². The van der Waals surface area contributed by atoms with E-state index >= 15 is 0 Å². The van der Waals surface area contributed by atoms with Gasteiger partial charge in [0, 0.05) is 56.0 Å². The Hall–Kier alpha value is -3.44. The molecule has 0 spiro atoms. The van der Waals surface area contributed by atoms with Crippen LogP contribution in [0.15, 0.2) is 42.9 Å². The summed E-state index contributed by atoms with van der Waals surface area (Å²) in [5, 5.41) is 5.37. The molecule has 1 aromatic carbocycles. The molecule has 1 aliphatic rings. The summed E-state index contributed by atoms with van der Waals surface area (Å²) >= 11 is 0. The minimum atomic E-state index is -4.58. The summed E-state index contributed by atoms with van der Waals surface area (Å²) in [6, 6.07) is 6.19. The number of carbonyl (C=O) groups is 1. The first kappa shape index (κ1) is 26.6. The highest BCUT2D eigenvalue weighted by atomic mass is 32.3. The van der Waals surface area contributed by atoms with Crippen LogP contribution in [-0.4, -0.2) is 60.2 Å². The highest BCUT2D eigenvalue weighted by molar-refractivity contribution is 8.24. The first-order valence-corrected chi connectivity index (χ1v) is 13.1. The van der Waals surface area contributed by atoms with Crippen molar-refractivity contribution in [1.29, 1.82) is 0 Å². The number of amides is 1. The van der Waals surface area contributed by atoms with E-state index in [0.717, 1.165) is 0 Å². The van der Waals surface area contributed by atoms with E-state index in [1.54, 1.807) is 23.0 Å². The molecule has 3 heterocycles. The topological polar surface area (TPSA) is 124 Å². The maximum absolute atomic E-state index is 13.0. The van der Waals surface area contributed by atoms with Crippen LogP contribution < -0.4 is 15.4 Å². The fourth-order valence-electron chi connectivity index (χ4n) is 3.75. The van der Waals surface area contributed by atoms with Crippen molar-refractivity contribution in [2.24, 2.45) is 7.05 Å². The van der Waals surface area contributed by atoms with Gasteiger partial charge in [-0.15, -0.1) is 0 Å². The number of aromatic amines is 1. The van der Waals surface area contributed by atoms with Crippen LogP contribution in [-0.2, 0) is 18.0 Å². The van der Waals surface area contributed by atoms with Crippen molar-refractivity contribution in [2.75, 3.05) is 30.8 Å². The Kier molecular flexibility index (Phi) is 7.84. The summed E-state index contributed by atoms with van der Waals surface area (Å²) in [7, 11) is -0.907. The number of H-pyrrole nitrogens is 1. The fourth-order valence-corrected chi connectivity index (χ4v) is 5.39. The molecular formula is C24H26F3N5O4S. The number of rotatable bonds is 6. The maximum atomic E-state index is 13.0. The molecule has 1 unspecified atom stereocenters. The van der Waals surface area contributed by atoms with Crippen molar-refractivity contribution in [3.05, 3.63) is 54.1 Å². The van der Waals surface area contributed by atoms with E-state index in [-0.39, 0.29) is 34.9 Å². The standard InChI is InChI=1S/C24H26F3N5O4S/c1-32-9-6-16(15-32)2-5-22(33)30-19-12-17(23-29-14-21(31-23)24(25,26)27)3-4-20(19)36-10-7-18-13-28-8-11-37(18,34)35/h3-4,6,9,12,14-15,18,28,34-35H,7-8,10-11,13H2,1H3,(H,29,31)(H,30,33).